The first-order valence-corrected chi connectivity index (χ1v) is 5.33. The molecule has 2 saturated heterocycles. The van der Waals surface area contributed by atoms with E-state index in [0.29, 0.717) is 6.54 Å². The van der Waals surface area contributed by atoms with Crippen molar-refractivity contribution in [3.8, 4) is 0 Å². The number of carbonyl (C=O) groups excluding carboxylic acids is 2. The number of methoxy groups -OCH3 is 1. The number of carbonyl (C=O) groups is 2. The second kappa shape index (κ2) is 4.18. The number of hydrogen-bond acceptors (Lipinski definition) is 4. The molecule has 1 N–H and O–H groups in total. The lowest BCUT2D eigenvalue weighted by Gasteiger charge is -2.32. The van der Waals surface area contributed by atoms with Gasteiger partial charge in [-0.15, -0.1) is 0 Å². The lowest BCUT2D eigenvalue weighted by atomic mass is 10.0. The Morgan fingerprint density at radius 1 is 1.40 bits per heavy atom. The van der Waals surface area contributed by atoms with E-state index in [0.717, 1.165) is 25.9 Å². The summed E-state index contributed by atoms with van der Waals surface area (Å²) in [5, 5.41) is 3.06. The van der Waals surface area contributed by atoms with Crippen LogP contribution in [0.3, 0.4) is 0 Å². The molecule has 15 heavy (non-hydrogen) atoms. The zero-order valence-electron chi connectivity index (χ0n) is 8.86. The highest BCUT2D eigenvalue weighted by Gasteiger charge is 2.39. The smallest absolute Gasteiger partial charge is 0.328 e. The largest absolute Gasteiger partial charge is 0.467 e. The number of amides is 1. The molecule has 2 aliphatic rings. The monoisotopic (exact) mass is 212 g/mol. The first-order chi connectivity index (χ1) is 7.24. The molecule has 5 heteroatoms. The summed E-state index contributed by atoms with van der Waals surface area (Å²) in [5.41, 5.74) is 0. The number of nitrogens with zero attached hydrogens (tertiary/aromatic N) is 1. The van der Waals surface area contributed by atoms with Crippen LogP contribution in [0.4, 0.5) is 0 Å². The van der Waals surface area contributed by atoms with Crippen LogP contribution in [-0.2, 0) is 14.3 Å². The average molecular weight is 212 g/mol. The van der Waals surface area contributed by atoms with Gasteiger partial charge in [0.05, 0.1) is 13.0 Å². The third kappa shape index (κ3) is 1.84. The van der Waals surface area contributed by atoms with Crippen LogP contribution in [0.15, 0.2) is 0 Å². The predicted molar refractivity (Wildman–Crippen MR) is 53.1 cm³/mol. The van der Waals surface area contributed by atoms with Crippen LogP contribution in [-0.4, -0.2) is 49.6 Å². The van der Waals surface area contributed by atoms with Crippen molar-refractivity contribution in [1.29, 1.82) is 0 Å². The number of nitrogens with one attached hydrogen (secondary N) is 1. The lowest BCUT2D eigenvalue weighted by molar-refractivity contribution is -0.153. The van der Waals surface area contributed by atoms with Crippen LogP contribution in [0.25, 0.3) is 0 Å². The second-order valence-corrected chi connectivity index (χ2v) is 4.07. The zero-order valence-corrected chi connectivity index (χ0v) is 8.86. The predicted octanol–water partition coefficient (Wildman–Crippen LogP) is -0.630. The molecule has 0 aromatic rings. The minimum absolute atomic E-state index is 0.0651. The lowest BCUT2D eigenvalue weighted by Crippen LogP contribution is -2.54. The maximum atomic E-state index is 11.9. The summed E-state index contributed by atoms with van der Waals surface area (Å²) in [6.07, 6.45) is 1.63. The standard InChI is InChI=1S/C10H16N2O3/c1-15-10(14)8-3-2-4-12(8)9(13)7-5-11-6-7/h7-8,11H,2-6H2,1H3. The molecule has 0 radical (unpaired) electrons. The SMILES string of the molecule is COC(=O)C1CCCN1C(=O)C1CNC1. The Hall–Kier alpha value is -1.10. The minimum Gasteiger partial charge on any atom is -0.467 e. The second-order valence-electron chi connectivity index (χ2n) is 4.07. The molecule has 0 saturated carbocycles. The number of rotatable bonds is 2. The molecule has 1 unspecified atom stereocenters. The van der Waals surface area contributed by atoms with Gasteiger partial charge in [-0.2, -0.15) is 0 Å². The fourth-order valence-electron chi connectivity index (χ4n) is 2.11. The molecule has 0 aliphatic carbocycles. The van der Waals surface area contributed by atoms with Gasteiger partial charge in [0.1, 0.15) is 6.04 Å². The number of hydrogen-bond donors (Lipinski definition) is 1. The summed E-state index contributed by atoms with van der Waals surface area (Å²) in [4.78, 5) is 25.0. The Kier molecular flexibility index (Phi) is 2.90. The van der Waals surface area contributed by atoms with Gasteiger partial charge in [-0.3, -0.25) is 4.79 Å². The van der Waals surface area contributed by atoms with E-state index >= 15 is 0 Å². The molecule has 1 atom stereocenters. The zero-order chi connectivity index (χ0) is 10.8. The highest BCUT2D eigenvalue weighted by Crippen LogP contribution is 2.21. The van der Waals surface area contributed by atoms with Crippen LogP contribution >= 0.6 is 0 Å². The van der Waals surface area contributed by atoms with Crippen molar-refractivity contribution < 1.29 is 14.3 Å². The number of likely N-dealkylation sites (tertiary alicyclic amines) is 1. The van der Waals surface area contributed by atoms with Crippen molar-refractivity contribution >= 4 is 11.9 Å². The van der Waals surface area contributed by atoms with E-state index in [9.17, 15) is 9.59 Å². The minimum atomic E-state index is -0.344. The molecule has 2 rings (SSSR count). The van der Waals surface area contributed by atoms with Gasteiger partial charge in [-0.1, -0.05) is 0 Å². The van der Waals surface area contributed by atoms with Crippen molar-refractivity contribution in [3.63, 3.8) is 0 Å². The summed E-state index contributed by atoms with van der Waals surface area (Å²) in [6.45, 7) is 2.17. The summed E-state index contributed by atoms with van der Waals surface area (Å²) >= 11 is 0. The van der Waals surface area contributed by atoms with E-state index in [1.54, 1.807) is 4.90 Å². The maximum Gasteiger partial charge on any atom is 0.328 e. The van der Waals surface area contributed by atoms with Crippen LogP contribution in [0.2, 0.25) is 0 Å². The first-order valence-electron chi connectivity index (χ1n) is 5.33. The van der Waals surface area contributed by atoms with Crippen molar-refractivity contribution in [2.24, 2.45) is 5.92 Å². The molecule has 2 heterocycles. The quantitative estimate of drug-likeness (QED) is 0.619. The summed E-state index contributed by atoms with van der Waals surface area (Å²) in [5.74, 6) is -0.120. The van der Waals surface area contributed by atoms with E-state index in [2.05, 4.69) is 5.32 Å². The normalized spacial score (nSPS) is 26.2. The third-order valence-corrected chi connectivity index (χ3v) is 3.14. The van der Waals surface area contributed by atoms with Gasteiger partial charge in [0.2, 0.25) is 5.91 Å². The number of esters is 1. The van der Waals surface area contributed by atoms with Crippen molar-refractivity contribution in [2.45, 2.75) is 18.9 Å². The fraction of sp³-hybridized carbons (Fsp3) is 0.800. The van der Waals surface area contributed by atoms with Crippen molar-refractivity contribution in [1.82, 2.24) is 10.2 Å². The first kappa shape index (κ1) is 10.4. The summed E-state index contributed by atoms with van der Waals surface area (Å²) in [6, 6.07) is -0.344. The highest BCUT2D eigenvalue weighted by atomic mass is 16.5. The number of ether oxygens (including phenoxy) is 1. The van der Waals surface area contributed by atoms with E-state index < -0.39 is 0 Å². The van der Waals surface area contributed by atoms with Crippen LogP contribution in [0.1, 0.15) is 12.8 Å². The Morgan fingerprint density at radius 2 is 2.13 bits per heavy atom. The van der Waals surface area contributed by atoms with E-state index in [4.69, 9.17) is 4.74 Å². The topological polar surface area (TPSA) is 58.6 Å². The van der Waals surface area contributed by atoms with E-state index in [-0.39, 0.29) is 23.8 Å². The molecule has 0 spiro atoms. The molecule has 0 bridgehead atoms. The van der Waals surface area contributed by atoms with Gasteiger partial charge >= 0.3 is 5.97 Å². The van der Waals surface area contributed by atoms with Gasteiger partial charge in [0, 0.05) is 19.6 Å². The molecular weight excluding hydrogens is 196 g/mol. The molecule has 0 aromatic carbocycles. The molecule has 2 aliphatic heterocycles. The molecular formula is C10H16N2O3. The van der Waals surface area contributed by atoms with Crippen molar-refractivity contribution in [2.75, 3.05) is 26.7 Å². The molecule has 1 amide bonds. The summed E-state index contributed by atoms with van der Waals surface area (Å²) in [7, 11) is 1.37. The van der Waals surface area contributed by atoms with Gasteiger partial charge in [-0.05, 0) is 12.8 Å². The Morgan fingerprint density at radius 3 is 2.67 bits per heavy atom. The molecule has 0 aromatic heterocycles. The average Bonchev–Trinajstić information content (AvgIpc) is 2.62. The van der Waals surface area contributed by atoms with Gasteiger partial charge in [-0.25, -0.2) is 4.79 Å². The van der Waals surface area contributed by atoms with Crippen molar-refractivity contribution in [3.05, 3.63) is 0 Å². The Labute approximate surface area is 88.8 Å². The third-order valence-electron chi connectivity index (χ3n) is 3.14. The van der Waals surface area contributed by atoms with E-state index in [1.807, 2.05) is 0 Å². The Balaban J connectivity index is 2.00. The Bertz CT molecular complexity index is 276. The summed E-state index contributed by atoms with van der Waals surface area (Å²) < 4.78 is 4.70. The van der Waals surface area contributed by atoms with Crippen LogP contribution < -0.4 is 5.32 Å². The van der Waals surface area contributed by atoms with E-state index in [1.165, 1.54) is 7.11 Å². The molecule has 2 fully saturated rings. The van der Waals surface area contributed by atoms with Gasteiger partial charge in [0.15, 0.2) is 0 Å². The van der Waals surface area contributed by atoms with Crippen LogP contribution in [0.5, 0.6) is 0 Å². The van der Waals surface area contributed by atoms with Crippen LogP contribution in [0, 0.1) is 5.92 Å². The van der Waals surface area contributed by atoms with Gasteiger partial charge in [0.25, 0.3) is 0 Å². The fourth-order valence-corrected chi connectivity index (χ4v) is 2.11. The molecule has 5 nitrogen and oxygen atoms in total. The maximum absolute atomic E-state index is 11.9. The van der Waals surface area contributed by atoms with Gasteiger partial charge < -0.3 is 15.0 Å². The molecule has 84 valence electrons. The highest BCUT2D eigenvalue weighted by molar-refractivity contribution is 5.87.